The Morgan fingerprint density at radius 3 is 3.05 bits per heavy atom. The highest BCUT2D eigenvalue weighted by atomic mass is 32.2. The molecule has 2 heterocycles. The zero-order valence-electron chi connectivity index (χ0n) is 11.4. The Kier molecular flexibility index (Phi) is 3.85. The molecule has 1 aromatic rings. The third kappa shape index (κ3) is 3.24. The summed E-state index contributed by atoms with van der Waals surface area (Å²) < 4.78 is 32.3. The van der Waals surface area contributed by atoms with Gasteiger partial charge in [0.25, 0.3) is 0 Å². The third-order valence-electron chi connectivity index (χ3n) is 3.75. The number of hydrogen-bond donors (Lipinski definition) is 2. The molecule has 0 bridgehead atoms. The second-order valence-electron chi connectivity index (χ2n) is 5.42. The first kappa shape index (κ1) is 13.7. The molecule has 0 aliphatic carbocycles. The van der Waals surface area contributed by atoms with Gasteiger partial charge >= 0.3 is 0 Å². The Balaban J connectivity index is 1.70. The average Bonchev–Trinajstić information content (AvgIpc) is 2.90. The van der Waals surface area contributed by atoms with Crippen LogP contribution in [-0.2, 0) is 21.2 Å². The van der Waals surface area contributed by atoms with Crippen LogP contribution in [-0.4, -0.2) is 33.4 Å². The first-order valence-corrected chi connectivity index (χ1v) is 8.76. The molecular formula is C14H20N2O3S. The summed E-state index contributed by atoms with van der Waals surface area (Å²) in [6.45, 7) is 1.61. The molecule has 2 N–H and O–H groups in total. The van der Waals surface area contributed by atoms with Gasteiger partial charge in [0.1, 0.15) is 0 Å². The molecule has 3 rings (SSSR count). The highest BCUT2D eigenvalue weighted by molar-refractivity contribution is 7.92. The fraction of sp³-hybridized carbons (Fsp3) is 0.571. The first-order valence-electron chi connectivity index (χ1n) is 7.11. The van der Waals surface area contributed by atoms with E-state index >= 15 is 0 Å². The van der Waals surface area contributed by atoms with E-state index < -0.39 is 10.0 Å². The number of rotatable bonds is 4. The lowest BCUT2D eigenvalue weighted by Crippen LogP contribution is -2.25. The van der Waals surface area contributed by atoms with Crippen molar-refractivity contribution in [3.05, 3.63) is 23.8 Å². The molecule has 1 aromatic carbocycles. The van der Waals surface area contributed by atoms with E-state index in [4.69, 9.17) is 4.74 Å². The summed E-state index contributed by atoms with van der Waals surface area (Å²) in [4.78, 5) is 0. The van der Waals surface area contributed by atoms with Gasteiger partial charge in [0.15, 0.2) is 0 Å². The molecule has 6 heteroatoms. The Hall–Kier alpha value is -1.27. The number of ether oxygens (including phenoxy) is 1. The van der Waals surface area contributed by atoms with E-state index in [2.05, 4.69) is 10.0 Å². The van der Waals surface area contributed by atoms with Crippen molar-refractivity contribution in [2.75, 3.05) is 28.9 Å². The Morgan fingerprint density at radius 2 is 2.25 bits per heavy atom. The molecule has 2 aliphatic heterocycles. The molecule has 0 saturated carbocycles. The van der Waals surface area contributed by atoms with Crippen LogP contribution in [0.15, 0.2) is 18.2 Å². The van der Waals surface area contributed by atoms with Gasteiger partial charge in [-0.25, -0.2) is 8.42 Å². The minimum Gasteiger partial charge on any atom is -0.385 e. The van der Waals surface area contributed by atoms with Crippen LogP contribution in [0.2, 0.25) is 0 Å². The van der Waals surface area contributed by atoms with Gasteiger partial charge in [0, 0.05) is 18.8 Å². The van der Waals surface area contributed by atoms with Crippen molar-refractivity contribution in [1.82, 2.24) is 0 Å². The maximum absolute atomic E-state index is 12.1. The molecule has 110 valence electrons. The lowest BCUT2D eigenvalue weighted by atomic mass is 10.0. The van der Waals surface area contributed by atoms with Gasteiger partial charge in [-0.3, -0.25) is 4.72 Å². The van der Waals surface area contributed by atoms with Crippen LogP contribution in [0.25, 0.3) is 0 Å². The van der Waals surface area contributed by atoms with Crippen molar-refractivity contribution in [1.29, 1.82) is 0 Å². The number of fused-ring (bicyclic) bond motifs is 1. The zero-order chi connectivity index (χ0) is 14.0. The zero-order valence-corrected chi connectivity index (χ0v) is 12.2. The predicted molar refractivity (Wildman–Crippen MR) is 79.6 cm³/mol. The van der Waals surface area contributed by atoms with Gasteiger partial charge in [0.2, 0.25) is 10.0 Å². The fourth-order valence-corrected chi connectivity index (χ4v) is 4.09. The largest absolute Gasteiger partial charge is 0.385 e. The smallest absolute Gasteiger partial charge is 0.235 e. The fourth-order valence-electron chi connectivity index (χ4n) is 2.77. The Labute approximate surface area is 119 Å². The quantitative estimate of drug-likeness (QED) is 0.891. The summed E-state index contributed by atoms with van der Waals surface area (Å²) in [5, 5.41) is 3.30. The summed E-state index contributed by atoms with van der Waals surface area (Å²) in [5.74, 6) is 0.0392. The van der Waals surface area contributed by atoms with Gasteiger partial charge in [-0.2, -0.15) is 0 Å². The summed E-state index contributed by atoms with van der Waals surface area (Å²) in [5.41, 5.74) is 2.91. The minimum absolute atomic E-state index is 0.0392. The van der Waals surface area contributed by atoms with E-state index in [-0.39, 0.29) is 11.9 Å². The predicted octanol–water partition coefficient (Wildman–Crippen LogP) is 1.97. The number of hydrogen-bond acceptors (Lipinski definition) is 4. The Morgan fingerprint density at radius 1 is 1.35 bits per heavy atom. The molecule has 1 saturated heterocycles. The van der Waals surface area contributed by atoms with Crippen LogP contribution in [0.3, 0.4) is 0 Å². The van der Waals surface area contributed by atoms with Crippen LogP contribution in [0, 0.1) is 0 Å². The lowest BCUT2D eigenvalue weighted by Gasteiger charge is -2.19. The van der Waals surface area contributed by atoms with Gasteiger partial charge in [0.05, 0.1) is 17.5 Å². The number of nitrogens with one attached hydrogen (secondary N) is 2. The van der Waals surface area contributed by atoms with Crippen LogP contribution in [0.5, 0.6) is 0 Å². The normalized spacial score (nSPS) is 22.1. The molecule has 1 atom stereocenters. The van der Waals surface area contributed by atoms with E-state index in [1.165, 1.54) is 5.56 Å². The maximum atomic E-state index is 12.1. The molecule has 5 nitrogen and oxygen atoms in total. The molecule has 0 amide bonds. The van der Waals surface area contributed by atoms with E-state index in [1.54, 1.807) is 0 Å². The van der Waals surface area contributed by atoms with E-state index in [0.29, 0.717) is 12.3 Å². The van der Waals surface area contributed by atoms with Crippen molar-refractivity contribution in [3.8, 4) is 0 Å². The Bertz CT molecular complexity index is 580. The number of benzene rings is 1. The molecule has 0 aromatic heterocycles. The summed E-state index contributed by atoms with van der Waals surface area (Å²) in [7, 11) is -3.35. The molecule has 2 aliphatic rings. The van der Waals surface area contributed by atoms with Gasteiger partial charge < -0.3 is 10.1 Å². The second kappa shape index (κ2) is 5.61. The molecular weight excluding hydrogens is 276 g/mol. The van der Waals surface area contributed by atoms with Gasteiger partial charge in [-0.05, 0) is 43.4 Å². The van der Waals surface area contributed by atoms with Crippen LogP contribution in [0.4, 0.5) is 11.4 Å². The van der Waals surface area contributed by atoms with Crippen LogP contribution in [0.1, 0.15) is 24.8 Å². The average molecular weight is 296 g/mol. The lowest BCUT2D eigenvalue weighted by molar-refractivity contribution is 0.127. The van der Waals surface area contributed by atoms with Gasteiger partial charge in [-0.1, -0.05) is 6.07 Å². The SMILES string of the molecule is O=S(=O)(CC1CCCO1)Nc1ccc2c(c1)NCCC2. The molecule has 1 unspecified atom stereocenters. The monoisotopic (exact) mass is 296 g/mol. The summed E-state index contributed by atoms with van der Waals surface area (Å²) in [6.07, 6.45) is 3.78. The van der Waals surface area contributed by atoms with E-state index in [1.807, 2.05) is 18.2 Å². The maximum Gasteiger partial charge on any atom is 0.235 e. The highest BCUT2D eigenvalue weighted by Crippen LogP contribution is 2.26. The van der Waals surface area contributed by atoms with Crippen molar-refractivity contribution in [2.24, 2.45) is 0 Å². The highest BCUT2D eigenvalue weighted by Gasteiger charge is 2.23. The van der Waals surface area contributed by atoms with Crippen molar-refractivity contribution < 1.29 is 13.2 Å². The molecule has 0 spiro atoms. The molecule has 1 fully saturated rings. The van der Waals surface area contributed by atoms with Crippen LogP contribution >= 0.6 is 0 Å². The molecule has 0 radical (unpaired) electrons. The number of anilines is 2. The number of aryl methyl sites for hydroxylation is 1. The van der Waals surface area contributed by atoms with Crippen molar-refractivity contribution >= 4 is 21.4 Å². The van der Waals surface area contributed by atoms with E-state index in [0.717, 1.165) is 37.9 Å². The van der Waals surface area contributed by atoms with Crippen molar-refractivity contribution in [3.63, 3.8) is 0 Å². The third-order valence-corrected chi connectivity index (χ3v) is 5.11. The summed E-state index contributed by atoms with van der Waals surface area (Å²) >= 11 is 0. The van der Waals surface area contributed by atoms with Crippen molar-refractivity contribution in [2.45, 2.75) is 31.8 Å². The standard InChI is InChI=1S/C14H20N2O3S/c17-20(18,10-13-4-2-8-19-13)16-12-6-5-11-3-1-7-15-14(11)9-12/h5-6,9,13,15-16H,1-4,7-8,10H2. The first-order chi connectivity index (χ1) is 9.62. The number of sulfonamides is 1. The second-order valence-corrected chi connectivity index (χ2v) is 7.19. The molecule has 20 heavy (non-hydrogen) atoms. The topological polar surface area (TPSA) is 67.4 Å². The van der Waals surface area contributed by atoms with E-state index in [9.17, 15) is 8.42 Å². The van der Waals surface area contributed by atoms with Crippen LogP contribution < -0.4 is 10.0 Å². The van der Waals surface area contributed by atoms with Gasteiger partial charge in [-0.15, -0.1) is 0 Å². The minimum atomic E-state index is -3.35. The summed E-state index contributed by atoms with van der Waals surface area (Å²) in [6, 6.07) is 5.70.